The number of benzene rings is 2. The monoisotopic (exact) mass is 337 g/mol. The molecule has 0 aliphatic rings. The highest BCUT2D eigenvalue weighted by atomic mass is 16.4. The van der Waals surface area contributed by atoms with Crippen LogP contribution in [0.4, 0.5) is 0 Å². The molecule has 3 rings (SSSR count). The van der Waals surface area contributed by atoms with Crippen LogP contribution in [0.1, 0.15) is 22.8 Å². The molecule has 1 heterocycles. The van der Waals surface area contributed by atoms with E-state index in [9.17, 15) is 19.5 Å². The minimum atomic E-state index is -1.59. The predicted molar refractivity (Wildman–Crippen MR) is 91.3 cm³/mol. The third-order valence-corrected chi connectivity index (χ3v) is 4.05. The zero-order valence-corrected chi connectivity index (χ0v) is 13.3. The van der Waals surface area contributed by atoms with Gasteiger partial charge in [0.1, 0.15) is 0 Å². The first-order valence-electron chi connectivity index (χ1n) is 7.51. The zero-order valence-electron chi connectivity index (χ0n) is 13.3. The van der Waals surface area contributed by atoms with E-state index in [0.29, 0.717) is 16.5 Å². The van der Waals surface area contributed by atoms with Gasteiger partial charge in [-0.25, -0.2) is 9.78 Å². The maximum atomic E-state index is 12.6. The number of nitrogens with zero attached hydrogens (tertiary/aromatic N) is 1. The lowest BCUT2D eigenvalue weighted by molar-refractivity contribution is -0.144. The molecule has 0 saturated heterocycles. The highest BCUT2D eigenvalue weighted by Gasteiger charge is 2.37. The lowest BCUT2D eigenvalue weighted by Crippen LogP contribution is -2.49. The summed E-state index contributed by atoms with van der Waals surface area (Å²) in [5, 5.41) is 12.5. The summed E-state index contributed by atoms with van der Waals surface area (Å²) >= 11 is 0. The molecular formula is C18H15N3O4. The first-order valence-corrected chi connectivity index (χ1v) is 7.51. The maximum Gasteiger partial charge on any atom is 0.333 e. The van der Waals surface area contributed by atoms with Crippen LogP contribution in [-0.2, 0) is 10.3 Å². The summed E-state index contributed by atoms with van der Waals surface area (Å²) in [5.41, 5.74) is -0.875. The molecule has 1 unspecified atom stereocenters. The number of carboxylic acid groups (broad SMARTS) is 1. The summed E-state index contributed by atoms with van der Waals surface area (Å²) in [6.45, 7) is 1.42. The van der Waals surface area contributed by atoms with Gasteiger partial charge in [-0.3, -0.25) is 9.59 Å². The van der Waals surface area contributed by atoms with Gasteiger partial charge in [-0.1, -0.05) is 30.3 Å². The molecule has 126 valence electrons. The van der Waals surface area contributed by atoms with Crippen LogP contribution in [0.15, 0.2) is 59.7 Å². The number of carbonyl (C=O) groups excluding carboxylic acids is 1. The topological polar surface area (TPSA) is 112 Å². The molecule has 1 amide bonds. The molecule has 0 radical (unpaired) electrons. The number of rotatable bonds is 4. The number of fused-ring (bicyclic) bond motifs is 1. The van der Waals surface area contributed by atoms with E-state index >= 15 is 0 Å². The van der Waals surface area contributed by atoms with E-state index in [4.69, 9.17) is 0 Å². The van der Waals surface area contributed by atoms with E-state index in [1.807, 2.05) is 0 Å². The normalized spacial score (nSPS) is 13.2. The van der Waals surface area contributed by atoms with Crippen LogP contribution in [0, 0.1) is 0 Å². The number of nitrogens with one attached hydrogen (secondary N) is 2. The van der Waals surface area contributed by atoms with Crippen molar-refractivity contribution in [3.63, 3.8) is 0 Å². The third-order valence-electron chi connectivity index (χ3n) is 4.05. The van der Waals surface area contributed by atoms with E-state index in [-0.39, 0.29) is 11.1 Å². The van der Waals surface area contributed by atoms with Gasteiger partial charge in [-0.15, -0.1) is 0 Å². The zero-order chi connectivity index (χ0) is 18.0. The average Bonchev–Trinajstić information content (AvgIpc) is 2.62. The molecule has 3 N–H and O–H groups in total. The highest BCUT2D eigenvalue weighted by molar-refractivity contribution is 6.00. The van der Waals surface area contributed by atoms with Gasteiger partial charge in [-0.05, 0) is 30.7 Å². The number of hydrogen-bond acceptors (Lipinski definition) is 4. The van der Waals surface area contributed by atoms with Gasteiger partial charge in [-0.2, -0.15) is 0 Å². The molecule has 7 heteroatoms. The van der Waals surface area contributed by atoms with Crippen LogP contribution in [0.5, 0.6) is 0 Å². The number of aromatic nitrogens is 2. The second-order valence-electron chi connectivity index (χ2n) is 5.71. The van der Waals surface area contributed by atoms with Gasteiger partial charge in [0.2, 0.25) is 0 Å². The van der Waals surface area contributed by atoms with Gasteiger partial charge in [0.25, 0.3) is 11.5 Å². The fraction of sp³-hybridized carbons (Fsp3) is 0.111. The quantitative estimate of drug-likeness (QED) is 0.670. The number of amides is 1. The van der Waals surface area contributed by atoms with Crippen LogP contribution in [0.25, 0.3) is 10.9 Å². The smallest absolute Gasteiger partial charge is 0.333 e. The van der Waals surface area contributed by atoms with Crippen molar-refractivity contribution in [3.05, 3.63) is 76.3 Å². The summed E-state index contributed by atoms with van der Waals surface area (Å²) in [4.78, 5) is 42.5. The largest absolute Gasteiger partial charge is 0.479 e. The van der Waals surface area contributed by atoms with Crippen molar-refractivity contribution in [2.24, 2.45) is 0 Å². The molecule has 7 nitrogen and oxygen atoms in total. The van der Waals surface area contributed by atoms with E-state index in [0.717, 1.165) is 0 Å². The SMILES string of the molecule is CC(NC(=O)c1ccc2c(=O)[nH]cnc2c1)(C(=O)O)c1ccccc1. The Labute approximate surface area is 142 Å². The number of hydrogen-bond donors (Lipinski definition) is 3. The van der Waals surface area contributed by atoms with E-state index in [2.05, 4.69) is 15.3 Å². The van der Waals surface area contributed by atoms with Crippen LogP contribution >= 0.6 is 0 Å². The molecule has 0 aliphatic heterocycles. The standard InChI is InChI=1S/C18H15N3O4/c1-18(17(24)25,12-5-3-2-4-6-12)21-15(22)11-7-8-13-14(9-11)19-10-20-16(13)23/h2-10H,1H3,(H,21,22)(H,24,25)(H,19,20,23). The predicted octanol–water partition coefficient (Wildman–Crippen LogP) is 1.65. The van der Waals surface area contributed by atoms with Crippen LogP contribution in [-0.4, -0.2) is 27.0 Å². The maximum absolute atomic E-state index is 12.6. The molecule has 0 aliphatic carbocycles. The molecule has 25 heavy (non-hydrogen) atoms. The second-order valence-corrected chi connectivity index (χ2v) is 5.71. The molecule has 0 fully saturated rings. The second kappa shape index (κ2) is 6.20. The van der Waals surface area contributed by atoms with Gasteiger partial charge >= 0.3 is 5.97 Å². The van der Waals surface area contributed by atoms with E-state index < -0.39 is 17.4 Å². The Bertz CT molecular complexity index is 1010. The molecule has 1 atom stereocenters. The summed E-state index contributed by atoms with van der Waals surface area (Å²) < 4.78 is 0. The molecule has 1 aromatic heterocycles. The van der Waals surface area contributed by atoms with Gasteiger partial charge in [0.05, 0.1) is 17.2 Å². The van der Waals surface area contributed by atoms with Crippen LogP contribution < -0.4 is 10.9 Å². The summed E-state index contributed by atoms with van der Waals surface area (Å²) in [6.07, 6.45) is 1.25. The van der Waals surface area contributed by atoms with Gasteiger partial charge < -0.3 is 15.4 Å². The average molecular weight is 337 g/mol. The molecule has 0 saturated carbocycles. The van der Waals surface area contributed by atoms with Crippen molar-refractivity contribution >= 4 is 22.8 Å². The van der Waals surface area contributed by atoms with Crippen LogP contribution in [0.2, 0.25) is 0 Å². The summed E-state index contributed by atoms with van der Waals surface area (Å²) in [5.74, 6) is -1.75. The minimum absolute atomic E-state index is 0.217. The molecule has 2 aromatic carbocycles. The highest BCUT2D eigenvalue weighted by Crippen LogP contribution is 2.22. The van der Waals surface area contributed by atoms with Crippen molar-refractivity contribution in [1.82, 2.24) is 15.3 Å². The van der Waals surface area contributed by atoms with Crippen molar-refractivity contribution in [3.8, 4) is 0 Å². The van der Waals surface area contributed by atoms with Crippen molar-refractivity contribution in [2.45, 2.75) is 12.5 Å². The Morgan fingerprint density at radius 3 is 2.56 bits per heavy atom. The Morgan fingerprint density at radius 2 is 1.88 bits per heavy atom. The van der Waals surface area contributed by atoms with Crippen molar-refractivity contribution < 1.29 is 14.7 Å². The molecule has 0 bridgehead atoms. The van der Waals surface area contributed by atoms with E-state index in [1.54, 1.807) is 30.3 Å². The number of aromatic amines is 1. The lowest BCUT2D eigenvalue weighted by Gasteiger charge is -2.26. The Kier molecular flexibility index (Phi) is 4.06. The summed E-state index contributed by atoms with van der Waals surface area (Å²) in [7, 11) is 0. The fourth-order valence-corrected chi connectivity index (χ4v) is 2.53. The van der Waals surface area contributed by atoms with Gasteiger partial charge in [0, 0.05) is 5.56 Å². The molecule has 0 spiro atoms. The first-order chi connectivity index (χ1) is 11.9. The van der Waals surface area contributed by atoms with Crippen LogP contribution in [0.3, 0.4) is 0 Å². The molecule has 3 aromatic rings. The van der Waals surface area contributed by atoms with Gasteiger partial charge in [0.15, 0.2) is 5.54 Å². The Morgan fingerprint density at radius 1 is 1.16 bits per heavy atom. The lowest BCUT2D eigenvalue weighted by atomic mass is 9.91. The Balaban J connectivity index is 1.97. The van der Waals surface area contributed by atoms with E-state index in [1.165, 1.54) is 31.5 Å². The fourth-order valence-electron chi connectivity index (χ4n) is 2.53. The van der Waals surface area contributed by atoms with Crippen molar-refractivity contribution in [1.29, 1.82) is 0 Å². The third kappa shape index (κ3) is 2.99. The minimum Gasteiger partial charge on any atom is -0.479 e. The van der Waals surface area contributed by atoms with Crippen molar-refractivity contribution in [2.75, 3.05) is 0 Å². The number of aliphatic carboxylic acids is 1. The molecular weight excluding hydrogens is 322 g/mol. The Hall–Kier alpha value is -3.48. The first kappa shape index (κ1) is 16.4. The number of carbonyl (C=O) groups is 2. The number of carboxylic acids is 1. The number of H-pyrrole nitrogens is 1. The summed E-state index contributed by atoms with van der Waals surface area (Å²) in [6, 6.07) is 12.8.